The first-order valence-electron chi connectivity index (χ1n) is 8.69. The molecule has 6 heteroatoms. The van der Waals surface area contributed by atoms with E-state index in [1.807, 2.05) is 54.1 Å². The van der Waals surface area contributed by atoms with Gasteiger partial charge in [0, 0.05) is 24.1 Å². The monoisotopic (exact) mass is 369 g/mol. The third-order valence-corrected chi connectivity index (χ3v) is 5.86. The van der Waals surface area contributed by atoms with Gasteiger partial charge >= 0.3 is 0 Å². The Bertz CT molecular complexity index is 932. The summed E-state index contributed by atoms with van der Waals surface area (Å²) in [4.78, 5) is 4.32. The van der Waals surface area contributed by atoms with Crippen molar-refractivity contribution in [3.05, 3.63) is 78.4 Å². The van der Waals surface area contributed by atoms with E-state index in [1.165, 1.54) is 0 Å². The minimum atomic E-state index is -3.56. The maximum Gasteiger partial charge on any atom is 0.241 e. The van der Waals surface area contributed by atoms with Crippen molar-refractivity contribution in [3.8, 4) is 5.69 Å². The zero-order chi connectivity index (χ0) is 18.6. The summed E-state index contributed by atoms with van der Waals surface area (Å²) in [6, 6.07) is 14.5. The number of nitrogens with zero attached hydrogens (tertiary/aromatic N) is 2. The number of benzene rings is 2. The first-order valence-corrected chi connectivity index (χ1v) is 10.2. The molecule has 3 aromatic rings. The Morgan fingerprint density at radius 1 is 1.08 bits per heavy atom. The van der Waals surface area contributed by atoms with Crippen LogP contribution in [0.4, 0.5) is 0 Å². The summed E-state index contributed by atoms with van der Waals surface area (Å²) in [6.07, 6.45) is 7.30. The molecule has 3 rings (SSSR count). The van der Waals surface area contributed by atoms with Crippen molar-refractivity contribution in [1.82, 2.24) is 14.3 Å². The summed E-state index contributed by atoms with van der Waals surface area (Å²) in [7, 11) is -3.56. The highest BCUT2D eigenvalue weighted by Crippen LogP contribution is 2.19. The van der Waals surface area contributed by atoms with Crippen LogP contribution in [0.2, 0.25) is 0 Å². The predicted octanol–water partition coefficient (Wildman–Crippen LogP) is 3.86. The van der Waals surface area contributed by atoms with E-state index in [0.29, 0.717) is 4.90 Å². The van der Waals surface area contributed by atoms with Crippen LogP contribution in [0.1, 0.15) is 37.4 Å². The quantitative estimate of drug-likeness (QED) is 0.688. The van der Waals surface area contributed by atoms with Crippen molar-refractivity contribution < 1.29 is 8.42 Å². The lowest BCUT2D eigenvalue weighted by atomic mass is 10.1. The molecule has 0 fully saturated rings. The average molecular weight is 369 g/mol. The predicted molar refractivity (Wildman–Crippen MR) is 103 cm³/mol. The van der Waals surface area contributed by atoms with Gasteiger partial charge in [0.1, 0.15) is 0 Å². The number of nitrogens with one attached hydrogen (secondary N) is 1. The fourth-order valence-corrected chi connectivity index (χ4v) is 4.07. The SMILES string of the molecule is CCCc1ccc(S(=O)(=O)N[C@H](C)c2ccc(-n3ccnc3)cc2)cc1. The van der Waals surface area contributed by atoms with E-state index in [4.69, 9.17) is 0 Å². The van der Waals surface area contributed by atoms with E-state index in [9.17, 15) is 8.42 Å². The van der Waals surface area contributed by atoms with E-state index in [-0.39, 0.29) is 6.04 Å². The Balaban J connectivity index is 1.72. The molecular weight excluding hydrogens is 346 g/mol. The number of rotatable bonds is 7. The van der Waals surface area contributed by atoms with Gasteiger partial charge in [-0.2, -0.15) is 0 Å². The molecule has 0 aliphatic heterocycles. The van der Waals surface area contributed by atoms with Crippen molar-refractivity contribution >= 4 is 10.0 Å². The molecule has 1 aromatic heterocycles. The number of hydrogen-bond donors (Lipinski definition) is 1. The fourth-order valence-electron chi connectivity index (χ4n) is 2.84. The molecule has 136 valence electrons. The lowest BCUT2D eigenvalue weighted by Crippen LogP contribution is -2.26. The maximum atomic E-state index is 12.6. The molecular formula is C20H23N3O2S. The molecule has 0 amide bonds. The van der Waals surface area contributed by atoms with Crippen LogP contribution in [-0.2, 0) is 16.4 Å². The molecule has 26 heavy (non-hydrogen) atoms. The molecule has 0 aliphatic carbocycles. The topological polar surface area (TPSA) is 64.0 Å². The van der Waals surface area contributed by atoms with E-state index >= 15 is 0 Å². The zero-order valence-corrected chi connectivity index (χ0v) is 15.8. The molecule has 0 radical (unpaired) electrons. The van der Waals surface area contributed by atoms with Crippen molar-refractivity contribution in [2.75, 3.05) is 0 Å². The molecule has 0 saturated heterocycles. The van der Waals surface area contributed by atoms with Crippen LogP contribution in [0.25, 0.3) is 5.69 Å². The van der Waals surface area contributed by atoms with Gasteiger partial charge in [-0.1, -0.05) is 37.6 Å². The number of hydrogen-bond acceptors (Lipinski definition) is 3. The minimum absolute atomic E-state index is 0.291. The number of aryl methyl sites for hydroxylation is 1. The van der Waals surface area contributed by atoms with E-state index in [0.717, 1.165) is 29.7 Å². The lowest BCUT2D eigenvalue weighted by Gasteiger charge is -2.15. The summed E-state index contributed by atoms with van der Waals surface area (Å²) in [5.41, 5.74) is 3.03. The normalized spacial score (nSPS) is 12.8. The van der Waals surface area contributed by atoms with Crippen molar-refractivity contribution in [3.63, 3.8) is 0 Å². The molecule has 1 heterocycles. The Morgan fingerprint density at radius 3 is 2.35 bits per heavy atom. The van der Waals surface area contributed by atoms with Gasteiger partial charge in [0.2, 0.25) is 10.0 Å². The number of aromatic nitrogens is 2. The minimum Gasteiger partial charge on any atom is -0.306 e. The Kier molecular flexibility index (Phi) is 5.54. The molecule has 0 aliphatic rings. The van der Waals surface area contributed by atoms with Gasteiger partial charge in [-0.3, -0.25) is 0 Å². The maximum absolute atomic E-state index is 12.6. The van der Waals surface area contributed by atoms with Crippen molar-refractivity contribution in [2.24, 2.45) is 0 Å². The zero-order valence-electron chi connectivity index (χ0n) is 15.0. The van der Waals surface area contributed by atoms with Gasteiger partial charge in [0.05, 0.1) is 11.2 Å². The van der Waals surface area contributed by atoms with Crippen LogP contribution in [0.15, 0.2) is 72.1 Å². The van der Waals surface area contributed by atoms with E-state index < -0.39 is 10.0 Å². The smallest absolute Gasteiger partial charge is 0.241 e. The number of imidazole rings is 1. The number of sulfonamides is 1. The third kappa shape index (κ3) is 4.20. The molecule has 5 nitrogen and oxygen atoms in total. The Hall–Kier alpha value is -2.44. The average Bonchev–Trinajstić information content (AvgIpc) is 3.17. The first-order chi connectivity index (χ1) is 12.5. The molecule has 0 spiro atoms. The molecule has 0 bridgehead atoms. The summed E-state index contributed by atoms with van der Waals surface area (Å²) < 4.78 is 29.9. The van der Waals surface area contributed by atoms with Crippen LogP contribution < -0.4 is 4.72 Å². The van der Waals surface area contributed by atoms with Crippen LogP contribution in [0.3, 0.4) is 0 Å². The van der Waals surface area contributed by atoms with Gasteiger partial charge in [0.15, 0.2) is 0 Å². The van der Waals surface area contributed by atoms with E-state index in [1.54, 1.807) is 24.7 Å². The molecule has 0 saturated carbocycles. The van der Waals surface area contributed by atoms with Gasteiger partial charge in [0.25, 0.3) is 0 Å². The highest BCUT2D eigenvalue weighted by molar-refractivity contribution is 7.89. The van der Waals surface area contributed by atoms with Gasteiger partial charge in [-0.15, -0.1) is 0 Å². The van der Waals surface area contributed by atoms with Crippen LogP contribution in [0, 0.1) is 0 Å². The Morgan fingerprint density at radius 2 is 1.77 bits per heavy atom. The second-order valence-corrected chi connectivity index (χ2v) is 8.01. The van der Waals surface area contributed by atoms with Crippen LogP contribution in [0.5, 0.6) is 0 Å². The summed E-state index contributed by atoms with van der Waals surface area (Å²) in [6.45, 7) is 3.95. The lowest BCUT2D eigenvalue weighted by molar-refractivity contribution is 0.567. The van der Waals surface area contributed by atoms with E-state index in [2.05, 4.69) is 16.6 Å². The van der Waals surface area contributed by atoms with Gasteiger partial charge in [-0.25, -0.2) is 18.1 Å². The van der Waals surface area contributed by atoms with Gasteiger partial charge < -0.3 is 4.57 Å². The summed E-state index contributed by atoms with van der Waals surface area (Å²) in [5.74, 6) is 0. The standard InChI is InChI=1S/C20H23N3O2S/c1-3-4-17-5-11-20(12-6-17)26(24,25)22-16(2)18-7-9-19(10-8-18)23-14-13-21-15-23/h5-16,22H,3-4H2,1-2H3/t16-/m1/s1. The third-order valence-electron chi connectivity index (χ3n) is 4.30. The largest absolute Gasteiger partial charge is 0.306 e. The van der Waals surface area contributed by atoms with Crippen molar-refractivity contribution in [1.29, 1.82) is 0 Å². The molecule has 0 unspecified atom stereocenters. The molecule has 1 N–H and O–H groups in total. The van der Waals surface area contributed by atoms with Gasteiger partial charge in [-0.05, 0) is 48.7 Å². The molecule has 2 aromatic carbocycles. The highest BCUT2D eigenvalue weighted by atomic mass is 32.2. The molecule has 1 atom stereocenters. The second kappa shape index (κ2) is 7.85. The van der Waals surface area contributed by atoms with Crippen LogP contribution in [-0.4, -0.2) is 18.0 Å². The summed E-state index contributed by atoms with van der Waals surface area (Å²) in [5, 5.41) is 0. The second-order valence-electron chi connectivity index (χ2n) is 6.30. The van der Waals surface area contributed by atoms with Crippen LogP contribution >= 0.6 is 0 Å². The first kappa shape index (κ1) is 18.4. The fraction of sp³-hybridized carbons (Fsp3) is 0.250. The Labute approximate surface area is 154 Å². The summed E-state index contributed by atoms with van der Waals surface area (Å²) >= 11 is 0. The highest BCUT2D eigenvalue weighted by Gasteiger charge is 2.18. The van der Waals surface area contributed by atoms with Crippen molar-refractivity contribution in [2.45, 2.75) is 37.6 Å².